The topological polar surface area (TPSA) is 101 Å². The molecule has 30 heavy (non-hydrogen) atoms. The SMILES string of the molecule is Cc1cc(/C=C(/C#N)C(=O)OCC(=O)NC(=O)c2ccccc2)c(C)n1CC(C)C. The van der Waals surface area contributed by atoms with Crippen molar-refractivity contribution in [2.45, 2.75) is 34.2 Å². The first-order valence-corrected chi connectivity index (χ1v) is 9.57. The van der Waals surface area contributed by atoms with Gasteiger partial charge in [0.1, 0.15) is 11.6 Å². The molecule has 7 nitrogen and oxygen atoms in total. The zero-order valence-electron chi connectivity index (χ0n) is 17.6. The molecule has 0 unspecified atom stereocenters. The molecule has 0 aliphatic carbocycles. The third-order valence-corrected chi connectivity index (χ3v) is 4.42. The third kappa shape index (κ3) is 5.92. The van der Waals surface area contributed by atoms with Crippen molar-refractivity contribution < 1.29 is 19.1 Å². The lowest BCUT2D eigenvalue weighted by molar-refractivity contribution is -0.144. The van der Waals surface area contributed by atoms with E-state index in [0.29, 0.717) is 11.5 Å². The number of nitrogens with zero attached hydrogens (tertiary/aromatic N) is 2. The van der Waals surface area contributed by atoms with Crippen molar-refractivity contribution >= 4 is 23.9 Å². The van der Waals surface area contributed by atoms with Crippen LogP contribution in [0.2, 0.25) is 0 Å². The molecule has 0 radical (unpaired) electrons. The van der Waals surface area contributed by atoms with Crippen LogP contribution in [0.1, 0.15) is 41.2 Å². The monoisotopic (exact) mass is 407 g/mol. The first-order chi connectivity index (χ1) is 14.2. The minimum absolute atomic E-state index is 0.220. The van der Waals surface area contributed by atoms with E-state index in [1.165, 1.54) is 6.08 Å². The highest BCUT2D eigenvalue weighted by Gasteiger charge is 2.17. The van der Waals surface area contributed by atoms with Crippen molar-refractivity contribution in [1.82, 2.24) is 9.88 Å². The van der Waals surface area contributed by atoms with Crippen LogP contribution in [-0.2, 0) is 20.9 Å². The quantitative estimate of drug-likeness (QED) is 0.432. The lowest BCUT2D eigenvalue weighted by atomic mass is 10.1. The van der Waals surface area contributed by atoms with Gasteiger partial charge in [-0.2, -0.15) is 5.26 Å². The van der Waals surface area contributed by atoms with Gasteiger partial charge in [0.25, 0.3) is 11.8 Å². The van der Waals surface area contributed by atoms with Crippen molar-refractivity contribution in [1.29, 1.82) is 5.26 Å². The molecule has 1 aromatic carbocycles. The van der Waals surface area contributed by atoms with Gasteiger partial charge < -0.3 is 9.30 Å². The second-order valence-electron chi connectivity index (χ2n) is 7.32. The van der Waals surface area contributed by atoms with Gasteiger partial charge in [0.2, 0.25) is 0 Å². The molecule has 0 aliphatic rings. The Morgan fingerprint density at radius 3 is 2.47 bits per heavy atom. The van der Waals surface area contributed by atoms with Gasteiger partial charge in [-0.15, -0.1) is 0 Å². The zero-order chi connectivity index (χ0) is 22.3. The molecule has 7 heteroatoms. The number of benzene rings is 1. The minimum atomic E-state index is -0.923. The molecule has 0 saturated carbocycles. The molecule has 0 fully saturated rings. The van der Waals surface area contributed by atoms with Crippen molar-refractivity contribution in [2.24, 2.45) is 5.92 Å². The number of carbonyl (C=O) groups is 3. The number of amides is 2. The van der Waals surface area contributed by atoms with Crippen LogP contribution in [-0.4, -0.2) is 29.0 Å². The van der Waals surface area contributed by atoms with E-state index in [9.17, 15) is 19.6 Å². The van der Waals surface area contributed by atoms with Crippen LogP contribution in [0.5, 0.6) is 0 Å². The molecule has 0 bridgehead atoms. The average molecular weight is 407 g/mol. The Bertz CT molecular complexity index is 1010. The summed E-state index contributed by atoms with van der Waals surface area (Å²) in [5.74, 6) is -1.84. The number of rotatable bonds is 7. The largest absolute Gasteiger partial charge is 0.451 e. The Morgan fingerprint density at radius 2 is 1.87 bits per heavy atom. The first-order valence-electron chi connectivity index (χ1n) is 9.57. The molecule has 0 spiro atoms. The summed E-state index contributed by atoms with van der Waals surface area (Å²) in [4.78, 5) is 36.1. The Balaban J connectivity index is 2.02. The zero-order valence-corrected chi connectivity index (χ0v) is 17.6. The smallest absolute Gasteiger partial charge is 0.349 e. The van der Waals surface area contributed by atoms with Crippen LogP contribution in [0.3, 0.4) is 0 Å². The second kappa shape index (κ2) is 10.2. The summed E-state index contributed by atoms with van der Waals surface area (Å²) in [5, 5.41) is 11.5. The molecule has 2 rings (SSSR count). The highest BCUT2D eigenvalue weighted by molar-refractivity contribution is 6.06. The van der Waals surface area contributed by atoms with E-state index in [1.54, 1.807) is 30.3 Å². The second-order valence-corrected chi connectivity index (χ2v) is 7.32. The molecule has 1 N–H and O–H groups in total. The number of carbonyl (C=O) groups excluding carboxylic acids is 3. The fraction of sp³-hybridized carbons (Fsp3) is 0.304. The van der Waals surface area contributed by atoms with Crippen LogP contribution >= 0.6 is 0 Å². The summed E-state index contributed by atoms with van der Waals surface area (Å²) in [6.45, 7) is 8.27. The van der Waals surface area contributed by atoms with E-state index < -0.39 is 24.4 Å². The number of imide groups is 1. The number of hydrogen-bond acceptors (Lipinski definition) is 5. The number of esters is 1. The summed E-state index contributed by atoms with van der Waals surface area (Å²) < 4.78 is 7.03. The van der Waals surface area contributed by atoms with E-state index in [0.717, 1.165) is 23.5 Å². The van der Waals surface area contributed by atoms with Crippen LogP contribution in [0.25, 0.3) is 6.08 Å². The Kier molecular flexibility index (Phi) is 7.70. The van der Waals surface area contributed by atoms with Crippen molar-refractivity contribution in [3.05, 3.63) is 64.5 Å². The molecule has 1 aromatic heterocycles. The lowest BCUT2D eigenvalue weighted by Crippen LogP contribution is -2.34. The minimum Gasteiger partial charge on any atom is -0.451 e. The van der Waals surface area contributed by atoms with Gasteiger partial charge in [0.15, 0.2) is 6.61 Å². The maximum Gasteiger partial charge on any atom is 0.349 e. The average Bonchev–Trinajstić information content (AvgIpc) is 2.97. The first kappa shape index (κ1) is 22.6. The number of aromatic nitrogens is 1. The van der Waals surface area contributed by atoms with E-state index in [2.05, 4.69) is 23.7 Å². The predicted molar refractivity (Wildman–Crippen MR) is 112 cm³/mol. The third-order valence-electron chi connectivity index (χ3n) is 4.42. The van der Waals surface area contributed by atoms with Crippen LogP contribution in [0, 0.1) is 31.1 Å². The summed E-state index contributed by atoms with van der Waals surface area (Å²) in [6.07, 6.45) is 1.45. The van der Waals surface area contributed by atoms with E-state index in [1.807, 2.05) is 26.0 Å². The van der Waals surface area contributed by atoms with Gasteiger partial charge in [0, 0.05) is 23.5 Å². The highest BCUT2D eigenvalue weighted by atomic mass is 16.5. The van der Waals surface area contributed by atoms with E-state index in [4.69, 9.17) is 4.74 Å². The normalized spacial score (nSPS) is 11.1. The summed E-state index contributed by atoms with van der Waals surface area (Å²) in [5.41, 5.74) is 2.80. The van der Waals surface area contributed by atoms with Crippen molar-refractivity contribution in [3.63, 3.8) is 0 Å². The maximum absolute atomic E-state index is 12.2. The summed E-state index contributed by atoms with van der Waals surface area (Å²) >= 11 is 0. The summed E-state index contributed by atoms with van der Waals surface area (Å²) in [7, 11) is 0. The molecule has 0 saturated heterocycles. The standard InChI is InChI=1S/C23H25N3O4/c1-15(2)13-26-16(3)10-19(17(26)4)11-20(12-24)23(29)30-14-21(27)25-22(28)18-8-6-5-7-9-18/h5-11,15H,13-14H2,1-4H3,(H,25,27,28)/b20-11-. The Hall–Kier alpha value is -3.66. The molecule has 0 aliphatic heterocycles. The van der Waals surface area contributed by atoms with Crippen LogP contribution in [0.15, 0.2) is 42.0 Å². The molecule has 2 amide bonds. The highest BCUT2D eigenvalue weighted by Crippen LogP contribution is 2.20. The van der Waals surface area contributed by atoms with Crippen molar-refractivity contribution in [3.8, 4) is 6.07 Å². The molecule has 2 aromatic rings. The maximum atomic E-state index is 12.2. The van der Waals surface area contributed by atoms with Gasteiger partial charge in [-0.1, -0.05) is 32.0 Å². The predicted octanol–water partition coefficient (Wildman–Crippen LogP) is 3.17. The summed E-state index contributed by atoms with van der Waals surface area (Å²) in [6, 6.07) is 11.9. The molecular formula is C23H25N3O4. The van der Waals surface area contributed by atoms with Gasteiger partial charge in [0.05, 0.1) is 0 Å². The van der Waals surface area contributed by atoms with E-state index >= 15 is 0 Å². The van der Waals surface area contributed by atoms with Gasteiger partial charge in [-0.05, 0) is 49.6 Å². The van der Waals surface area contributed by atoms with Crippen LogP contribution in [0.4, 0.5) is 0 Å². The van der Waals surface area contributed by atoms with E-state index in [-0.39, 0.29) is 5.57 Å². The van der Waals surface area contributed by atoms with Crippen molar-refractivity contribution in [2.75, 3.05) is 6.61 Å². The lowest BCUT2D eigenvalue weighted by Gasteiger charge is -2.12. The van der Waals surface area contributed by atoms with Gasteiger partial charge in [-0.3, -0.25) is 14.9 Å². The van der Waals surface area contributed by atoms with Gasteiger partial charge >= 0.3 is 5.97 Å². The van der Waals surface area contributed by atoms with Gasteiger partial charge in [-0.25, -0.2) is 4.79 Å². The molecule has 0 atom stereocenters. The fourth-order valence-corrected chi connectivity index (χ4v) is 2.95. The number of hydrogen-bond donors (Lipinski definition) is 1. The Morgan fingerprint density at radius 1 is 1.20 bits per heavy atom. The number of nitriles is 1. The molecule has 1 heterocycles. The number of aryl methyl sites for hydroxylation is 1. The fourth-order valence-electron chi connectivity index (χ4n) is 2.95. The molecular weight excluding hydrogens is 382 g/mol. The number of nitrogens with one attached hydrogen (secondary N) is 1. The van der Waals surface area contributed by atoms with Crippen LogP contribution < -0.4 is 5.32 Å². The Labute approximate surface area is 176 Å². The number of ether oxygens (including phenoxy) is 1. The molecule has 156 valence electrons.